The maximum Gasteiger partial charge on any atom is 0.0324 e. The molecule has 0 radical (unpaired) electrons. The van der Waals surface area contributed by atoms with Crippen molar-refractivity contribution in [1.82, 2.24) is 0 Å². The lowest BCUT2D eigenvalue weighted by atomic mass is 10.0. The van der Waals surface area contributed by atoms with Gasteiger partial charge in [0.15, 0.2) is 0 Å². The first kappa shape index (κ1) is 10.2. The van der Waals surface area contributed by atoms with Gasteiger partial charge >= 0.3 is 0 Å². The van der Waals surface area contributed by atoms with Gasteiger partial charge in [0, 0.05) is 13.2 Å². The van der Waals surface area contributed by atoms with E-state index in [-0.39, 0.29) is 6.04 Å². The summed E-state index contributed by atoms with van der Waals surface area (Å²) in [6.45, 7) is 0. The first-order valence-corrected chi connectivity index (χ1v) is 6.54. The normalized spacial score (nSPS) is 18.7. The van der Waals surface area contributed by atoms with E-state index in [0.29, 0.717) is 0 Å². The Hall–Kier alpha value is 0.640. The Kier molecular flexibility index (Phi) is 3.14. The van der Waals surface area contributed by atoms with Crippen LogP contribution in [-0.2, 0) is 0 Å². The minimum atomic E-state index is 0.267. The molecule has 3 heteroatoms. The number of hydrogen-bond donors (Lipinski definition) is 1. The van der Waals surface area contributed by atoms with Crippen LogP contribution in [0.15, 0.2) is 18.2 Å². The van der Waals surface area contributed by atoms with E-state index in [0.717, 1.165) is 5.92 Å². The fraction of sp³-hybridized carbons (Fsp3) is 0.400. The molecule has 1 atom stereocenters. The average Bonchev–Trinajstić information content (AvgIpc) is 2.83. The molecular weight excluding hydrogens is 388 g/mol. The van der Waals surface area contributed by atoms with Crippen molar-refractivity contribution < 1.29 is 0 Å². The molecule has 2 rings (SSSR count). The van der Waals surface area contributed by atoms with Crippen molar-refractivity contribution in [3.05, 3.63) is 30.9 Å². The molecule has 0 aliphatic heterocycles. The summed E-state index contributed by atoms with van der Waals surface area (Å²) in [6.07, 6.45) is 2.62. The number of halogens is 2. The lowest BCUT2D eigenvalue weighted by molar-refractivity contribution is 0.633. The second-order valence-electron chi connectivity index (χ2n) is 3.57. The van der Waals surface area contributed by atoms with Gasteiger partial charge in [-0.15, -0.1) is 0 Å². The highest BCUT2D eigenvalue weighted by Crippen LogP contribution is 2.39. The second-order valence-corrected chi connectivity index (χ2v) is 6.06. The first-order chi connectivity index (χ1) is 6.16. The maximum absolute atomic E-state index is 6.13. The summed E-state index contributed by atoms with van der Waals surface area (Å²) in [7, 11) is 0. The van der Waals surface area contributed by atoms with Gasteiger partial charge in [0.1, 0.15) is 0 Å². The summed E-state index contributed by atoms with van der Waals surface area (Å²) in [6, 6.07) is 6.84. The summed E-state index contributed by atoms with van der Waals surface area (Å²) in [4.78, 5) is 0. The Labute approximate surface area is 106 Å². The molecule has 70 valence electrons. The highest BCUT2D eigenvalue weighted by atomic mass is 127. The van der Waals surface area contributed by atoms with Gasteiger partial charge in [0.2, 0.25) is 0 Å². The first-order valence-electron chi connectivity index (χ1n) is 4.38. The Morgan fingerprint density at radius 3 is 2.15 bits per heavy atom. The third-order valence-electron chi connectivity index (χ3n) is 2.40. The quantitative estimate of drug-likeness (QED) is 0.760. The summed E-state index contributed by atoms with van der Waals surface area (Å²) < 4.78 is 2.58. The lowest BCUT2D eigenvalue weighted by Crippen LogP contribution is -2.12. The molecule has 0 amide bonds. The SMILES string of the molecule is N[C@H](c1cc(I)cc(I)c1)C1CC1. The third kappa shape index (κ3) is 2.56. The van der Waals surface area contributed by atoms with Gasteiger partial charge in [-0.2, -0.15) is 0 Å². The summed E-state index contributed by atoms with van der Waals surface area (Å²) in [5.74, 6) is 0.744. The Morgan fingerprint density at radius 2 is 1.69 bits per heavy atom. The van der Waals surface area contributed by atoms with Crippen LogP contribution >= 0.6 is 45.2 Å². The van der Waals surface area contributed by atoms with Crippen molar-refractivity contribution in [3.63, 3.8) is 0 Å². The minimum Gasteiger partial charge on any atom is -0.324 e. The van der Waals surface area contributed by atoms with Gasteiger partial charge in [-0.1, -0.05) is 0 Å². The van der Waals surface area contributed by atoms with Crippen LogP contribution in [0.2, 0.25) is 0 Å². The highest BCUT2D eigenvalue weighted by Gasteiger charge is 2.29. The topological polar surface area (TPSA) is 26.0 Å². The van der Waals surface area contributed by atoms with Crippen LogP contribution in [0.5, 0.6) is 0 Å². The predicted octanol–water partition coefficient (Wildman–Crippen LogP) is 3.31. The monoisotopic (exact) mass is 399 g/mol. The second kappa shape index (κ2) is 4.02. The summed E-state index contributed by atoms with van der Waals surface area (Å²) >= 11 is 4.70. The van der Waals surface area contributed by atoms with Crippen molar-refractivity contribution in [2.24, 2.45) is 11.7 Å². The zero-order valence-electron chi connectivity index (χ0n) is 7.13. The van der Waals surface area contributed by atoms with Gasteiger partial charge in [0.25, 0.3) is 0 Å². The smallest absolute Gasteiger partial charge is 0.0324 e. The molecule has 0 bridgehead atoms. The largest absolute Gasteiger partial charge is 0.324 e. The van der Waals surface area contributed by atoms with Gasteiger partial charge < -0.3 is 5.73 Å². The fourth-order valence-corrected chi connectivity index (χ4v) is 3.48. The van der Waals surface area contributed by atoms with E-state index in [1.807, 2.05) is 0 Å². The standard InChI is InChI=1S/C10H11I2N/c11-8-3-7(4-9(12)5-8)10(13)6-1-2-6/h3-6,10H,1-2,13H2/t10-/m0/s1. The Bertz CT molecular complexity index is 300. The molecule has 0 saturated heterocycles. The van der Waals surface area contributed by atoms with E-state index in [2.05, 4.69) is 63.4 Å². The van der Waals surface area contributed by atoms with Crippen molar-refractivity contribution in [2.45, 2.75) is 18.9 Å². The molecule has 1 aliphatic rings. The van der Waals surface area contributed by atoms with Gasteiger partial charge in [-0.3, -0.25) is 0 Å². The van der Waals surface area contributed by atoms with Crippen LogP contribution in [0.4, 0.5) is 0 Å². The fourth-order valence-electron chi connectivity index (χ4n) is 1.50. The molecule has 0 heterocycles. The van der Waals surface area contributed by atoms with Crippen LogP contribution in [0.3, 0.4) is 0 Å². The van der Waals surface area contributed by atoms with Gasteiger partial charge in [0.05, 0.1) is 0 Å². The average molecular weight is 399 g/mol. The maximum atomic E-state index is 6.13. The molecule has 1 nitrogen and oxygen atoms in total. The minimum absolute atomic E-state index is 0.267. The van der Waals surface area contributed by atoms with Gasteiger partial charge in [-0.05, 0) is 87.7 Å². The molecule has 1 fully saturated rings. The number of hydrogen-bond acceptors (Lipinski definition) is 1. The van der Waals surface area contributed by atoms with Gasteiger partial charge in [-0.25, -0.2) is 0 Å². The van der Waals surface area contributed by atoms with E-state index in [1.165, 1.54) is 25.5 Å². The molecule has 1 aromatic rings. The van der Waals surface area contributed by atoms with Crippen molar-refractivity contribution in [2.75, 3.05) is 0 Å². The molecular formula is C10H11I2N. The van der Waals surface area contributed by atoms with E-state index >= 15 is 0 Å². The molecule has 1 saturated carbocycles. The predicted molar refractivity (Wildman–Crippen MR) is 71.5 cm³/mol. The molecule has 0 spiro atoms. The van der Waals surface area contributed by atoms with E-state index in [1.54, 1.807) is 0 Å². The van der Waals surface area contributed by atoms with Crippen molar-refractivity contribution >= 4 is 45.2 Å². The number of nitrogens with two attached hydrogens (primary N) is 1. The van der Waals surface area contributed by atoms with Crippen molar-refractivity contribution in [1.29, 1.82) is 0 Å². The summed E-state index contributed by atoms with van der Waals surface area (Å²) in [5.41, 5.74) is 7.44. The molecule has 0 unspecified atom stereocenters. The zero-order chi connectivity index (χ0) is 9.42. The third-order valence-corrected chi connectivity index (χ3v) is 3.65. The Balaban J connectivity index is 2.27. The molecule has 13 heavy (non-hydrogen) atoms. The van der Waals surface area contributed by atoms with E-state index in [9.17, 15) is 0 Å². The zero-order valence-corrected chi connectivity index (χ0v) is 11.4. The molecule has 0 aromatic heterocycles. The van der Waals surface area contributed by atoms with Crippen molar-refractivity contribution in [3.8, 4) is 0 Å². The molecule has 2 N–H and O–H groups in total. The van der Waals surface area contributed by atoms with E-state index in [4.69, 9.17) is 5.73 Å². The van der Waals surface area contributed by atoms with Crippen LogP contribution < -0.4 is 5.73 Å². The lowest BCUT2D eigenvalue weighted by Gasteiger charge is -2.11. The Morgan fingerprint density at radius 1 is 1.15 bits per heavy atom. The van der Waals surface area contributed by atoms with Crippen LogP contribution in [0.1, 0.15) is 24.4 Å². The summed E-state index contributed by atoms with van der Waals surface area (Å²) in [5, 5.41) is 0. The number of benzene rings is 1. The van der Waals surface area contributed by atoms with Crippen LogP contribution in [-0.4, -0.2) is 0 Å². The van der Waals surface area contributed by atoms with Crippen LogP contribution in [0.25, 0.3) is 0 Å². The highest BCUT2D eigenvalue weighted by molar-refractivity contribution is 14.1. The number of rotatable bonds is 2. The molecule has 1 aliphatic carbocycles. The van der Waals surface area contributed by atoms with Crippen LogP contribution in [0, 0.1) is 13.1 Å². The molecule has 1 aromatic carbocycles. The van der Waals surface area contributed by atoms with E-state index < -0.39 is 0 Å².